The molecular formula is C16H28N2. The number of hydrogen-bond donors (Lipinski definition) is 1. The van der Waals surface area contributed by atoms with E-state index in [1.807, 2.05) is 0 Å². The molecule has 0 heterocycles. The molecule has 0 unspecified atom stereocenters. The van der Waals surface area contributed by atoms with Gasteiger partial charge in [-0.2, -0.15) is 0 Å². The standard InChI is InChI=1S/C16H28N2/c1-12(2)14-9-7-8-13(3)15(14)18(6)11-10-16(4,5)17/h7-9,12H,10-11,17H2,1-6H3. The van der Waals surface area contributed by atoms with E-state index >= 15 is 0 Å². The lowest BCUT2D eigenvalue weighted by Crippen LogP contribution is -2.36. The highest BCUT2D eigenvalue weighted by molar-refractivity contribution is 5.60. The number of benzene rings is 1. The van der Waals surface area contributed by atoms with Crippen molar-refractivity contribution in [1.82, 2.24) is 0 Å². The summed E-state index contributed by atoms with van der Waals surface area (Å²) in [6.45, 7) is 11.8. The molecule has 1 rings (SSSR count). The Bertz CT molecular complexity index is 389. The van der Waals surface area contributed by atoms with E-state index < -0.39 is 0 Å². The van der Waals surface area contributed by atoms with Crippen molar-refractivity contribution >= 4 is 5.69 Å². The number of para-hydroxylation sites is 1. The molecule has 0 fully saturated rings. The Kier molecular flexibility index (Phi) is 4.80. The van der Waals surface area contributed by atoms with Crippen LogP contribution in [0.5, 0.6) is 0 Å². The minimum atomic E-state index is -0.102. The molecule has 2 N–H and O–H groups in total. The molecule has 0 bridgehead atoms. The Labute approximate surface area is 112 Å². The van der Waals surface area contributed by atoms with Gasteiger partial charge in [-0.1, -0.05) is 32.0 Å². The second-order valence-electron chi connectivity index (χ2n) is 6.33. The molecule has 102 valence electrons. The van der Waals surface area contributed by atoms with Crippen molar-refractivity contribution in [1.29, 1.82) is 0 Å². The number of anilines is 1. The van der Waals surface area contributed by atoms with Crippen LogP contribution in [0.25, 0.3) is 0 Å². The van der Waals surface area contributed by atoms with Crippen molar-refractivity contribution in [3.05, 3.63) is 29.3 Å². The fourth-order valence-electron chi connectivity index (χ4n) is 2.24. The van der Waals surface area contributed by atoms with E-state index in [1.54, 1.807) is 0 Å². The second-order valence-corrected chi connectivity index (χ2v) is 6.33. The van der Waals surface area contributed by atoms with Gasteiger partial charge in [0.15, 0.2) is 0 Å². The summed E-state index contributed by atoms with van der Waals surface area (Å²) in [5.74, 6) is 0.549. The summed E-state index contributed by atoms with van der Waals surface area (Å²) in [4.78, 5) is 2.35. The van der Waals surface area contributed by atoms with Crippen molar-refractivity contribution in [2.75, 3.05) is 18.5 Å². The van der Waals surface area contributed by atoms with Gasteiger partial charge in [-0.25, -0.2) is 0 Å². The van der Waals surface area contributed by atoms with E-state index in [9.17, 15) is 0 Å². The van der Waals surface area contributed by atoms with Crippen LogP contribution in [0.2, 0.25) is 0 Å². The molecule has 0 saturated carbocycles. The van der Waals surface area contributed by atoms with Crippen molar-refractivity contribution < 1.29 is 0 Å². The summed E-state index contributed by atoms with van der Waals surface area (Å²) in [5.41, 5.74) is 10.1. The molecule has 0 aliphatic rings. The first-order valence-electron chi connectivity index (χ1n) is 6.82. The van der Waals surface area contributed by atoms with Gasteiger partial charge in [-0.3, -0.25) is 0 Å². The topological polar surface area (TPSA) is 29.3 Å². The van der Waals surface area contributed by atoms with Crippen molar-refractivity contribution in [2.45, 2.75) is 52.5 Å². The third kappa shape index (κ3) is 4.02. The average molecular weight is 248 g/mol. The quantitative estimate of drug-likeness (QED) is 0.861. The Morgan fingerprint density at radius 3 is 2.39 bits per heavy atom. The molecular weight excluding hydrogens is 220 g/mol. The Hall–Kier alpha value is -1.02. The van der Waals surface area contributed by atoms with Crippen molar-refractivity contribution in [2.24, 2.45) is 5.73 Å². The molecule has 0 aromatic heterocycles. The van der Waals surface area contributed by atoms with Crippen LogP contribution in [0.3, 0.4) is 0 Å². The third-order valence-electron chi connectivity index (χ3n) is 3.36. The zero-order valence-electron chi connectivity index (χ0n) is 12.7. The SMILES string of the molecule is Cc1cccc(C(C)C)c1N(C)CCC(C)(C)N. The minimum absolute atomic E-state index is 0.102. The zero-order valence-corrected chi connectivity index (χ0v) is 12.7. The highest BCUT2D eigenvalue weighted by atomic mass is 15.1. The first-order chi connectivity index (χ1) is 8.22. The van der Waals surface area contributed by atoms with Gasteiger partial charge in [0.2, 0.25) is 0 Å². The van der Waals surface area contributed by atoms with E-state index in [0.29, 0.717) is 5.92 Å². The van der Waals surface area contributed by atoms with Gasteiger partial charge in [-0.15, -0.1) is 0 Å². The van der Waals surface area contributed by atoms with Crippen LogP contribution in [0.15, 0.2) is 18.2 Å². The van der Waals surface area contributed by atoms with Crippen LogP contribution in [0.1, 0.15) is 51.2 Å². The monoisotopic (exact) mass is 248 g/mol. The normalized spacial score (nSPS) is 12.0. The number of nitrogens with zero attached hydrogens (tertiary/aromatic N) is 1. The van der Waals surface area contributed by atoms with E-state index in [0.717, 1.165) is 13.0 Å². The first-order valence-corrected chi connectivity index (χ1v) is 6.82. The molecule has 0 atom stereocenters. The van der Waals surface area contributed by atoms with Crippen LogP contribution >= 0.6 is 0 Å². The molecule has 1 aromatic rings. The van der Waals surface area contributed by atoms with E-state index in [-0.39, 0.29) is 5.54 Å². The maximum Gasteiger partial charge on any atom is 0.0428 e. The predicted octanol–water partition coefficient (Wildman–Crippen LogP) is 3.68. The summed E-state index contributed by atoms with van der Waals surface area (Å²) in [6, 6.07) is 6.57. The number of rotatable bonds is 5. The summed E-state index contributed by atoms with van der Waals surface area (Å²) in [5, 5.41) is 0. The fraction of sp³-hybridized carbons (Fsp3) is 0.625. The summed E-state index contributed by atoms with van der Waals surface area (Å²) >= 11 is 0. The van der Waals surface area contributed by atoms with Gasteiger partial charge in [0, 0.05) is 24.8 Å². The molecule has 0 spiro atoms. The maximum atomic E-state index is 6.07. The molecule has 0 radical (unpaired) electrons. The van der Waals surface area contributed by atoms with Gasteiger partial charge in [-0.05, 0) is 44.2 Å². The van der Waals surface area contributed by atoms with Crippen LogP contribution in [-0.2, 0) is 0 Å². The van der Waals surface area contributed by atoms with E-state index in [2.05, 4.69) is 64.8 Å². The minimum Gasteiger partial charge on any atom is -0.374 e. The van der Waals surface area contributed by atoms with Crippen LogP contribution in [-0.4, -0.2) is 19.1 Å². The smallest absolute Gasteiger partial charge is 0.0428 e. The van der Waals surface area contributed by atoms with Crippen LogP contribution in [0, 0.1) is 6.92 Å². The molecule has 2 heteroatoms. The van der Waals surface area contributed by atoms with Gasteiger partial charge in [0.1, 0.15) is 0 Å². The maximum absolute atomic E-state index is 6.07. The first kappa shape index (κ1) is 15.0. The molecule has 2 nitrogen and oxygen atoms in total. The highest BCUT2D eigenvalue weighted by Gasteiger charge is 2.16. The molecule has 0 aliphatic carbocycles. The third-order valence-corrected chi connectivity index (χ3v) is 3.36. The highest BCUT2D eigenvalue weighted by Crippen LogP contribution is 2.30. The molecule has 0 saturated heterocycles. The van der Waals surface area contributed by atoms with Gasteiger partial charge >= 0.3 is 0 Å². The van der Waals surface area contributed by atoms with Gasteiger partial charge in [0.25, 0.3) is 0 Å². The largest absolute Gasteiger partial charge is 0.374 e. The zero-order chi connectivity index (χ0) is 13.9. The Balaban J connectivity index is 2.94. The fourth-order valence-corrected chi connectivity index (χ4v) is 2.24. The lowest BCUT2D eigenvalue weighted by molar-refractivity contribution is 0.478. The van der Waals surface area contributed by atoms with E-state index in [4.69, 9.17) is 5.73 Å². The lowest BCUT2D eigenvalue weighted by atomic mass is 9.96. The molecule has 0 aliphatic heterocycles. The van der Waals surface area contributed by atoms with Crippen LogP contribution in [0.4, 0.5) is 5.69 Å². The summed E-state index contributed by atoms with van der Waals surface area (Å²) in [6.07, 6.45) is 0.995. The second kappa shape index (κ2) is 5.75. The van der Waals surface area contributed by atoms with Crippen LogP contribution < -0.4 is 10.6 Å². The summed E-state index contributed by atoms with van der Waals surface area (Å²) in [7, 11) is 2.17. The number of hydrogen-bond acceptors (Lipinski definition) is 2. The van der Waals surface area contributed by atoms with Crippen molar-refractivity contribution in [3.63, 3.8) is 0 Å². The van der Waals surface area contributed by atoms with Crippen molar-refractivity contribution in [3.8, 4) is 0 Å². The predicted molar refractivity (Wildman–Crippen MR) is 81.4 cm³/mol. The molecule has 18 heavy (non-hydrogen) atoms. The van der Waals surface area contributed by atoms with Gasteiger partial charge < -0.3 is 10.6 Å². The number of nitrogens with two attached hydrogens (primary N) is 1. The summed E-state index contributed by atoms with van der Waals surface area (Å²) < 4.78 is 0. The average Bonchev–Trinajstić information content (AvgIpc) is 2.24. The Morgan fingerprint density at radius 1 is 1.28 bits per heavy atom. The lowest BCUT2D eigenvalue weighted by Gasteiger charge is -2.29. The number of aryl methyl sites for hydroxylation is 1. The van der Waals surface area contributed by atoms with E-state index in [1.165, 1.54) is 16.8 Å². The molecule has 0 amide bonds. The Morgan fingerprint density at radius 2 is 1.89 bits per heavy atom. The van der Waals surface area contributed by atoms with Gasteiger partial charge in [0.05, 0.1) is 0 Å². The molecule has 1 aromatic carbocycles.